The number of anilines is 1. The van der Waals surface area contributed by atoms with Crippen LogP contribution in [-0.4, -0.2) is 22.3 Å². The predicted octanol–water partition coefficient (Wildman–Crippen LogP) is 5.32. The molecule has 2 heterocycles. The fourth-order valence-electron chi connectivity index (χ4n) is 2.66. The third-order valence-electron chi connectivity index (χ3n) is 3.94. The van der Waals surface area contributed by atoms with Crippen LogP contribution in [0.4, 0.5) is 18.9 Å². The molecule has 0 saturated carbocycles. The van der Waals surface area contributed by atoms with Gasteiger partial charge in [-0.1, -0.05) is 25.6 Å². The lowest BCUT2D eigenvalue weighted by Crippen LogP contribution is -2.17. The number of aromatic nitrogens is 2. The normalized spacial score (nSPS) is 12.7. The Bertz CT molecular complexity index is 917. The third-order valence-corrected chi connectivity index (χ3v) is 4.76. The number of amides is 1. The molecular formula is C19H20F3N3O2S. The van der Waals surface area contributed by atoms with Crippen molar-refractivity contribution < 1.29 is 22.5 Å². The minimum atomic E-state index is -4.60. The minimum absolute atomic E-state index is 0.00810. The molecular weight excluding hydrogens is 391 g/mol. The molecule has 9 heteroatoms. The van der Waals surface area contributed by atoms with Gasteiger partial charge in [0.25, 0.3) is 5.91 Å². The van der Waals surface area contributed by atoms with Gasteiger partial charge in [-0.05, 0) is 42.4 Å². The van der Waals surface area contributed by atoms with Gasteiger partial charge in [0.15, 0.2) is 0 Å². The first-order valence-corrected chi connectivity index (χ1v) is 9.52. The van der Waals surface area contributed by atoms with Crippen LogP contribution in [0, 0.1) is 12.8 Å². The van der Waals surface area contributed by atoms with Gasteiger partial charge in [-0.25, -0.2) is 0 Å². The fourth-order valence-corrected chi connectivity index (χ4v) is 3.47. The fraction of sp³-hybridized carbons (Fsp3) is 0.316. The Hall–Kier alpha value is -2.55. The lowest BCUT2D eigenvalue weighted by molar-refractivity contribution is -0.141. The van der Waals surface area contributed by atoms with Crippen LogP contribution < -0.4 is 5.32 Å². The summed E-state index contributed by atoms with van der Waals surface area (Å²) in [5.41, 5.74) is 0.856. The van der Waals surface area contributed by atoms with Crippen LogP contribution in [0.2, 0.25) is 0 Å². The van der Waals surface area contributed by atoms with Crippen LogP contribution >= 0.6 is 11.8 Å². The highest BCUT2D eigenvalue weighted by Crippen LogP contribution is 2.36. The molecule has 0 bridgehead atoms. The van der Waals surface area contributed by atoms with Gasteiger partial charge in [0.2, 0.25) is 0 Å². The van der Waals surface area contributed by atoms with Crippen molar-refractivity contribution in [2.75, 3.05) is 11.6 Å². The molecule has 0 aliphatic carbocycles. The van der Waals surface area contributed by atoms with E-state index in [9.17, 15) is 18.0 Å². The van der Waals surface area contributed by atoms with E-state index in [1.807, 2.05) is 13.8 Å². The Morgan fingerprint density at radius 2 is 2.04 bits per heavy atom. The van der Waals surface area contributed by atoms with Crippen molar-refractivity contribution in [3.8, 4) is 0 Å². The molecule has 0 aliphatic rings. The molecule has 2 aromatic rings. The topological polar surface area (TPSA) is 68.0 Å². The summed E-state index contributed by atoms with van der Waals surface area (Å²) < 4.78 is 43.6. The van der Waals surface area contributed by atoms with Crippen LogP contribution in [0.15, 0.2) is 46.1 Å². The maximum absolute atomic E-state index is 12.8. The van der Waals surface area contributed by atoms with Crippen LogP contribution in [0.5, 0.6) is 0 Å². The molecule has 28 heavy (non-hydrogen) atoms. The van der Waals surface area contributed by atoms with Gasteiger partial charge < -0.3 is 9.84 Å². The number of pyridine rings is 1. The maximum atomic E-state index is 12.8. The van der Waals surface area contributed by atoms with Crippen LogP contribution in [0.1, 0.15) is 30.9 Å². The number of rotatable bonds is 6. The van der Waals surface area contributed by atoms with E-state index >= 15 is 0 Å². The molecule has 0 saturated heterocycles. The van der Waals surface area contributed by atoms with Crippen molar-refractivity contribution in [1.82, 2.24) is 10.1 Å². The van der Waals surface area contributed by atoms with Crippen molar-refractivity contribution in [3.63, 3.8) is 0 Å². The first-order chi connectivity index (χ1) is 13.1. The smallest absolute Gasteiger partial charge is 0.361 e. The van der Waals surface area contributed by atoms with Crippen LogP contribution in [-0.2, 0) is 11.0 Å². The molecule has 2 rings (SSSR count). The Labute approximate surface area is 165 Å². The minimum Gasteiger partial charge on any atom is -0.361 e. The average Bonchev–Trinajstić information content (AvgIpc) is 3.04. The first kappa shape index (κ1) is 21.7. The number of thioether (sulfide) groups is 1. The zero-order valence-electron chi connectivity index (χ0n) is 15.8. The molecule has 0 atom stereocenters. The van der Waals surface area contributed by atoms with Crippen molar-refractivity contribution in [2.24, 2.45) is 5.92 Å². The summed E-state index contributed by atoms with van der Waals surface area (Å²) in [6, 6.07) is 2.10. The maximum Gasteiger partial charge on any atom is 0.433 e. The zero-order valence-corrected chi connectivity index (χ0v) is 16.7. The second-order valence-corrected chi connectivity index (χ2v) is 7.07. The summed E-state index contributed by atoms with van der Waals surface area (Å²) in [6.07, 6.45) is -0.348. The van der Waals surface area contributed by atoms with Gasteiger partial charge in [-0.2, -0.15) is 13.2 Å². The highest BCUT2D eigenvalue weighted by atomic mass is 32.2. The molecule has 0 fully saturated rings. The van der Waals surface area contributed by atoms with Crippen molar-refractivity contribution in [1.29, 1.82) is 0 Å². The molecule has 0 unspecified atom stereocenters. The molecule has 150 valence electrons. The van der Waals surface area contributed by atoms with E-state index in [-0.39, 0.29) is 11.6 Å². The molecule has 1 N–H and O–H groups in total. The monoisotopic (exact) mass is 411 g/mol. The number of carbonyl (C=O) groups excluding carboxylic acids is 1. The Morgan fingerprint density at radius 1 is 1.36 bits per heavy atom. The SMILES string of the molecule is C=C(/C(=C(\SC)C(=O)Nc1ccnc(C(F)(F)F)c1)C(C)C)c1cnoc1C. The Balaban J connectivity index is 2.41. The van der Waals surface area contributed by atoms with Crippen molar-refractivity contribution in [3.05, 3.63) is 58.6 Å². The summed E-state index contributed by atoms with van der Waals surface area (Å²) >= 11 is 1.19. The number of halogens is 3. The van der Waals surface area contributed by atoms with E-state index in [1.165, 1.54) is 24.0 Å². The van der Waals surface area contributed by atoms with E-state index in [4.69, 9.17) is 4.52 Å². The second-order valence-electron chi connectivity index (χ2n) is 6.26. The quantitative estimate of drug-likeness (QED) is 0.515. The lowest BCUT2D eigenvalue weighted by Gasteiger charge is -2.19. The number of alkyl halides is 3. The largest absolute Gasteiger partial charge is 0.433 e. The highest BCUT2D eigenvalue weighted by Gasteiger charge is 2.32. The van der Waals surface area contributed by atoms with Gasteiger partial charge in [0, 0.05) is 17.4 Å². The average molecular weight is 411 g/mol. The van der Waals surface area contributed by atoms with Gasteiger partial charge >= 0.3 is 6.18 Å². The van der Waals surface area contributed by atoms with Crippen molar-refractivity contribution in [2.45, 2.75) is 26.9 Å². The molecule has 5 nitrogen and oxygen atoms in total. The second kappa shape index (κ2) is 8.64. The Morgan fingerprint density at radius 3 is 2.54 bits per heavy atom. The number of allylic oxidation sites excluding steroid dienone is 2. The standard InChI is InChI=1S/C19H20F3N3O2S/c1-10(2)16(11(3)14-9-24-27-12(14)4)17(28-5)18(26)25-13-6-7-23-15(8-13)19(20,21)22/h6-10H,3H2,1-2,4-5H3,(H,23,25,26)/b17-16-. The van der Waals surface area contributed by atoms with E-state index < -0.39 is 17.8 Å². The molecule has 0 aliphatic heterocycles. The number of carbonyl (C=O) groups is 1. The van der Waals surface area contributed by atoms with Gasteiger partial charge in [0.05, 0.1) is 11.1 Å². The lowest BCUT2D eigenvalue weighted by atomic mass is 9.91. The summed E-state index contributed by atoms with van der Waals surface area (Å²) in [5, 5.41) is 6.25. The number of nitrogens with zero attached hydrogens (tertiary/aromatic N) is 2. The highest BCUT2D eigenvalue weighted by molar-refractivity contribution is 8.03. The van der Waals surface area contributed by atoms with Gasteiger partial charge in [-0.15, -0.1) is 11.8 Å². The summed E-state index contributed by atoms with van der Waals surface area (Å²) in [7, 11) is 0. The predicted molar refractivity (Wildman–Crippen MR) is 104 cm³/mol. The number of nitrogens with one attached hydrogen (secondary N) is 1. The van der Waals surface area contributed by atoms with E-state index in [1.54, 1.807) is 13.2 Å². The first-order valence-electron chi connectivity index (χ1n) is 8.30. The summed E-state index contributed by atoms with van der Waals surface area (Å²) in [4.78, 5) is 16.5. The van der Waals surface area contributed by atoms with E-state index in [0.29, 0.717) is 27.4 Å². The van der Waals surface area contributed by atoms with Crippen LogP contribution in [0.3, 0.4) is 0 Å². The molecule has 0 radical (unpaired) electrons. The van der Waals surface area contributed by atoms with Crippen molar-refractivity contribution >= 4 is 28.9 Å². The van der Waals surface area contributed by atoms with Gasteiger partial charge in [-0.3, -0.25) is 9.78 Å². The third kappa shape index (κ3) is 4.83. The number of aryl methyl sites for hydroxylation is 1. The zero-order chi connectivity index (χ0) is 21.1. The van der Waals surface area contributed by atoms with E-state index in [2.05, 4.69) is 22.0 Å². The Kier molecular flexibility index (Phi) is 6.71. The van der Waals surface area contributed by atoms with Crippen LogP contribution in [0.25, 0.3) is 5.57 Å². The molecule has 0 aromatic carbocycles. The molecule has 1 amide bonds. The number of hydrogen-bond donors (Lipinski definition) is 1. The van der Waals surface area contributed by atoms with Gasteiger partial charge in [0.1, 0.15) is 11.5 Å². The molecule has 0 spiro atoms. The molecule has 2 aromatic heterocycles. The van der Waals surface area contributed by atoms with E-state index in [0.717, 1.165) is 12.3 Å². The number of hydrogen-bond acceptors (Lipinski definition) is 5. The summed E-state index contributed by atoms with van der Waals surface area (Å²) in [5.74, 6) is -0.0306. The summed E-state index contributed by atoms with van der Waals surface area (Å²) in [6.45, 7) is 9.62.